The van der Waals surface area contributed by atoms with Gasteiger partial charge in [-0.15, -0.1) is 0 Å². The van der Waals surface area contributed by atoms with Crippen LogP contribution in [0.5, 0.6) is 11.5 Å². The fourth-order valence-electron chi connectivity index (χ4n) is 2.62. The Bertz CT molecular complexity index is 964. The van der Waals surface area contributed by atoms with Crippen molar-refractivity contribution in [1.82, 2.24) is 9.78 Å². The van der Waals surface area contributed by atoms with E-state index < -0.39 is 12.1 Å². The maximum absolute atomic E-state index is 12.6. The number of carbonyl (C=O) groups is 2. The first-order chi connectivity index (χ1) is 13.5. The highest BCUT2D eigenvalue weighted by Gasteiger charge is 2.25. The van der Waals surface area contributed by atoms with Crippen LogP contribution in [0.2, 0.25) is 0 Å². The molecule has 0 N–H and O–H groups in total. The number of nitrogens with zero attached hydrogens (tertiary/aromatic N) is 2. The van der Waals surface area contributed by atoms with Gasteiger partial charge in [0.2, 0.25) is 11.5 Å². The minimum Gasteiger partial charge on any atom is -0.497 e. The molecule has 0 fully saturated rings. The number of aromatic nitrogens is 2. The van der Waals surface area contributed by atoms with E-state index in [2.05, 4.69) is 5.10 Å². The Balaban J connectivity index is 1.76. The van der Waals surface area contributed by atoms with E-state index in [4.69, 9.17) is 14.2 Å². The lowest BCUT2D eigenvalue weighted by Crippen LogP contribution is -2.25. The quantitative estimate of drug-likeness (QED) is 0.462. The summed E-state index contributed by atoms with van der Waals surface area (Å²) < 4.78 is 17.2. The summed E-state index contributed by atoms with van der Waals surface area (Å²) in [6.07, 6.45) is 0.606. The molecule has 0 aliphatic rings. The molecule has 0 aliphatic heterocycles. The molecular weight excluding hydrogens is 360 g/mol. The average Bonchev–Trinajstić information content (AvgIpc) is 3.18. The monoisotopic (exact) mass is 380 g/mol. The second kappa shape index (κ2) is 8.39. The van der Waals surface area contributed by atoms with E-state index >= 15 is 0 Å². The summed E-state index contributed by atoms with van der Waals surface area (Å²) in [5.41, 5.74) is 1.19. The second-order valence-corrected chi connectivity index (χ2v) is 5.97. The largest absolute Gasteiger partial charge is 0.497 e. The van der Waals surface area contributed by atoms with Crippen LogP contribution in [-0.2, 0) is 4.74 Å². The molecule has 7 heteroatoms. The molecule has 3 rings (SSSR count). The van der Waals surface area contributed by atoms with Crippen molar-refractivity contribution in [2.24, 2.45) is 0 Å². The highest BCUT2D eigenvalue weighted by atomic mass is 16.5. The summed E-state index contributed by atoms with van der Waals surface area (Å²) in [4.78, 5) is 25.1. The fraction of sp³-hybridized carbons (Fsp3) is 0.190. The summed E-state index contributed by atoms with van der Waals surface area (Å²) in [6.45, 7) is 1.52. The zero-order valence-corrected chi connectivity index (χ0v) is 15.8. The molecule has 0 spiro atoms. The molecule has 3 aromatic rings. The predicted molar refractivity (Wildman–Crippen MR) is 102 cm³/mol. The van der Waals surface area contributed by atoms with Crippen molar-refractivity contribution in [3.05, 3.63) is 72.1 Å². The Morgan fingerprint density at radius 3 is 2.25 bits per heavy atom. The molecule has 1 atom stereocenters. The smallest absolute Gasteiger partial charge is 0.363 e. The molecule has 0 aliphatic carbocycles. The van der Waals surface area contributed by atoms with Crippen molar-refractivity contribution in [3.63, 3.8) is 0 Å². The van der Waals surface area contributed by atoms with Crippen molar-refractivity contribution in [1.29, 1.82) is 0 Å². The summed E-state index contributed by atoms with van der Waals surface area (Å²) in [6, 6.07) is 15.9. The predicted octanol–water partition coefficient (Wildman–Crippen LogP) is 3.32. The van der Waals surface area contributed by atoms with Crippen LogP contribution in [0.15, 0.2) is 60.8 Å². The van der Waals surface area contributed by atoms with Gasteiger partial charge >= 0.3 is 5.97 Å². The first kappa shape index (κ1) is 19.2. The molecular formula is C21H20N2O5. The second-order valence-electron chi connectivity index (χ2n) is 5.97. The van der Waals surface area contributed by atoms with Crippen LogP contribution in [0.25, 0.3) is 5.69 Å². The third-order valence-corrected chi connectivity index (χ3v) is 4.14. The van der Waals surface area contributed by atoms with Gasteiger partial charge in [-0.05, 0) is 43.3 Å². The Kier molecular flexibility index (Phi) is 5.74. The van der Waals surface area contributed by atoms with Gasteiger partial charge in [0, 0.05) is 5.56 Å². The summed E-state index contributed by atoms with van der Waals surface area (Å²) in [5, 5.41) is 4.25. The molecule has 28 heavy (non-hydrogen) atoms. The number of esters is 1. The van der Waals surface area contributed by atoms with Gasteiger partial charge in [0.15, 0.2) is 11.9 Å². The molecule has 1 aromatic heterocycles. The Morgan fingerprint density at radius 1 is 0.964 bits per heavy atom. The van der Waals surface area contributed by atoms with Crippen LogP contribution in [0.4, 0.5) is 0 Å². The SMILES string of the molecule is COc1ccc(C(=O)[C@@H](C)OC(=O)c2nn(-c3ccccc3)cc2OC)cc1. The highest BCUT2D eigenvalue weighted by molar-refractivity contribution is 6.01. The van der Waals surface area contributed by atoms with Gasteiger partial charge in [-0.2, -0.15) is 5.10 Å². The number of carbonyl (C=O) groups excluding carboxylic acids is 2. The van der Waals surface area contributed by atoms with Gasteiger partial charge in [-0.1, -0.05) is 18.2 Å². The topological polar surface area (TPSA) is 79.7 Å². The summed E-state index contributed by atoms with van der Waals surface area (Å²) in [7, 11) is 2.98. The molecule has 7 nitrogen and oxygen atoms in total. The molecule has 2 aromatic carbocycles. The maximum atomic E-state index is 12.6. The number of benzene rings is 2. The van der Waals surface area contributed by atoms with Gasteiger partial charge in [-0.25, -0.2) is 9.48 Å². The molecule has 0 bridgehead atoms. The van der Waals surface area contributed by atoms with Crippen molar-refractivity contribution in [2.75, 3.05) is 14.2 Å². The summed E-state index contributed by atoms with van der Waals surface area (Å²) >= 11 is 0. The molecule has 0 radical (unpaired) electrons. The fourth-order valence-corrected chi connectivity index (χ4v) is 2.62. The number of ketones is 1. The van der Waals surface area contributed by atoms with E-state index in [0.29, 0.717) is 11.3 Å². The van der Waals surface area contributed by atoms with Gasteiger partial charge in [0.25, 0.3) is 0 Å². The highest BCUT2D eigenvalue weighted by Crippen LogP contribution is 2.21. The van der Waals surface area contributed by atoms with E-state index in [1.54, 1.807) is 37.6 Å². The summed E-state index contributed by atoms with van der Waals surface area (Å²) in [5.74, 6) is -0.159. The molecule has 0 saturated heterocycles. The van der Waals surface area contributed by atoms with E-state index in [1.807, 2.05) is 30.3 Å². The van der Waals surface area contributed by atoms with Crippen LogP contribution in [-0.4, -0.2) is 41.9 Å². The van der Waals surface area contributed by atoms with E-state index in [9.17, 15) is 9.59 Å². The van der Waals surface area contributed by atoms with E-state index in [0.717, 1.165) is 5.69 Å². The van der Waals surface area contributed by atoms with Crippen molar-refractivity contribution < 1.29 is 23.8 Å². The van der Waals surface area contributed by atoms with Gasteiger partial charge in [-0.3, -0.25) is 4.79 Å². The van der Waals surface area contributed by atoms with Crippen LogP contribution in [0.1, 0.15) is 27.8 Å². The first-order valence-electron chi connectivity index (χ1n) is 8.61. The average molecular weight is 380 g/mol. The lowest BCUT2D eigenvalue weighted by atomic mass is 10.1. The Labute approximate surface area is 162 Å². The number of Topliss-reactive ketones (excluding diaryl/α,β-unsaturated/α-hetero) is 1. The third-order valence-electron chi connectivity index (χ3n) is 4.14. The molecule has 0 amide bonds. The third kappa shape index (κ3) is 4.03. The molecule has 144 valence electrons. The Morgan fingerprint density at radius 2 is 1.64 bits per heavy atom. The number of rotatable bonds is 7. The minimum atomic E-state index is -0.979. The number of hydrogen-bond acceptors (Lipinski definition) is 6. The standard InChI is InChI=1S/C21H20N2O5/c1-14(20(24)15-9-11-17(26-2)12-10-15)28-21(25)19-18(27-3)13-23(22-19)16-7-5-4-6-8-16/h4-14H,1-3H3/t14-/m1/s1. The molecule has 0 saturated carbocycles. The van der Waals surface area contributed by atoms with Gasteiger partial charge in [0.05, 0.1) is 26.1 Å². The van der Waals surface area contributed by atoms with Crippen molar-refractivity contribution >= 4 is 11.8 Å². The number of para-hydroxylation sites is 1. The van der Waals surface area contributed by atoms with Crippen molar-refractivity contribution in [2.45, 2.75) is 13.0 Å². The van der Waals surface area contributed by atoms with E-state index in [-0.39, 0.29) is 17.2 Å². The van der Waals surface area contributed by atoms with Crippen molar-refractivity contribution in [3.8, 4) is 17.2 Å². The zero-order valence-electron chi connectivity index (χ0n) is 15.8. The van der Waals surface area contributed by atoms with Crippen LogP contribution in [0, 0.1) is 0 Å². The number of methoxy groups -OCH3 is 2. The first-order valence-corrected chi connectivity index (χ1v) is 8.61. The minimum absolute atomic E-state index is 0.000680. The normalized spacial score (nSPS) is 11.5. The number of ether oxygens (including phenoxy) is 3. The van der Waals surface area contributed by atoms with Gasteiger partial charge < -0.3 is 14.2 Å². The van der Waals surface area contributed by atoms with Crippen LogP contribution in [0.3, 0.4) is 0 Å². The van der Waals surface area contributed by atoms with Gasteiger partial charge in [0.1, 0.15) is 5.75 Å². The Hall–Kier alpha value is -3.61. The lowest BCUT2D eigenvalue weighted by Gasteiger charge is -2.12. The number of hydrogen-bond donors (Lipinski definition) is 0. The molecule has 0 unspecified atom stereocenters. The van der Waals surface area contributed by atoms with Crippen LogP contribution < -0.4 is 9.47 Å². The lowest BCUT2D eigenvalue weighted by molar-refractivity contribution is 0.0309. The molecule has 1 heterocycles. The van der Waals surface area contributed by atoms with E-state index in [1.165, 1.54) is 18.7 Å². The van der Waals surface area contributed by atoms with Crippen LogP contribution >= 0.6 is 0 Å². The maximum Gasteiger partial charge on any atom is 0.363 e. The zero-order chi connectivity index (χ0) is 20.1.